The van der Waals surface area contributed by atoms with Crippen LogP contribution in [0.4, 0.5) is 4.79 Å². The molecule has 1 heterocycles. The molecule has 8 heteroatoms. The van der Waals surface area contributed by atoms with E-state index in [1.54, 1.807) is 11.0 Å². The van der Waals surface area contributed by atoms with Crippen LogP contribution in [0.3, 0.4) is 0 Å². The number of allylic oxidation sites excluding steroid dienone is 2. The molecular formula is C11H12Cl3N3OS. The van der Waals surface area contributed by atoms with Gasteiger partial charge in [0, 0.05) is 4.86 Å². The summed E-state index contributed by atoms with van der Waals surface area (Å²) in [6.07, 6.45) is 7.73. The fourth-order valence-electron chi connectivity index (χ4n) is 2.04. The van der Waals surface area contributed by atoms with Crippen molar-refractivity contribution in [3.8, 4) is 0 Å². The highest BCUT2D eigenvalue weighted by molar-refractivity contribution is 7.80. The Morgan fingerprint density at radius 3 is 2.63 bits per heavy atom. The second-order valence-corrected chi connectivity index (χ2v) is 6.83. The summed E-state index contributed by atoms with van der Waals surface area (Å²) in [5.74, 6) is 0. The highest BCUT2D eigenvalue weighted by atomic mass is 35.6. The molecule has 0 aromatic rings. The topological polar surface area (TPSA) is 35.6 Å². The molecule has 0 saturated carbocycles. The summed E-state index contributed by atoms with van der Waals surface area (Å²) in [6.45, 7) is 1.94. The summed E-state index contributed by atoms with van der Waals surface area (Å²) in [6, 6.07) is -0.707. The molecule has 4 nitrogen and oxygen atoms in total. The fraction of sp³-hybridized carbons (Fsp3) is 0.455. The number of nitrogens with zero attached hydrogens (tertiary/aromatic N) is 2. The van der Waals surface area contributed by atoms with Crippen LogP contribution in [0.1, 0.15) is 13.3 Å². The molecule has 0 aromatic carbocycles. The summed E-state index contributed by atoms with van der Waals surface area (Å²) >= 11 is 22.6. The van der Waals surface area contributed by atoms with Crippen molar-refractivity contribution >= 4 is 57.9 Å². The van der Waals surface area contributed by atoms with E-state index >= 15 is 0 Å². The monoisotopic (exact) mass is 339 g/mol. The van der Waals surface area contributed by atoms with Gasteiger partial charge in [-0.15, -0.1) is 0 Å². The van der Waals surface area contributed by atoms with E-state index in [2.05, 4.69) is 5.43 Å². The number of hydrogen-bond acceptors (Lipinski definition) is 3. The van der Waals surface area contributed by atoms with Crippen LogP contribution in [0.2, 0.25) is 0 Å². The second kappa shape index (κ2) is 5.58. The summed E-state index contributed by atoms with van der Waals surface area (Å²) in [7, 11) is 0. The molecule has 104 valence electrons. The van der Waals surface area contributed by atoms with Crippen molar-refractivity contribution in [2.75, 3.05) is 0 Å². The maximum atomic E-state index is 12.4. The maximum absolute atomic E-state index is 12.4. The van der Waals surface area contributed by atoms with Gasteiger partial charge < -0.3 is 0 Å². The van der Waals surface area contributed by atoms with E-state index in [-0.39, 0.29) is 12.2 Å². The molecule has 2 aliphatic rings. The lowest BCUT2D eigenvalue weighted by atomic mass is 10.1. The van der Waals surface area contributed by atoms with Gasteiger partial charge >= 0.3 is 6.03 Å². The SMILES string of the molecule is CCC1NN(C(Cl)(Cl)Cl)C(=O)N1C1C=CC=CC1=S. The van der Waals surface area contributed by atoms with Gasteiger partial charge in [0.1, 0.15) is 6.17 Å². The molecule has 2 atom stereocenters. The Morgan fingerprint density at radius 2 is 2.11 bits per heavy atom. The first-order chi connectivity index (χ1) is 8.86. The minimum absolute atomic E-state index is 0.262. The molecule has 0 bridgehead atoms. The summed E-state index contributed by atoms with van der Waals surface area (Å²) in [5.41, 5.74) is 2.89. The Balaban J connectivity index is 2.28. The van der Waals surface area contributed by atoms with Crippen molar-refractivity contribution in [1.82, 2.24) is 15.3 Å². The molecule has 2 rings (SSSR count). The van der Waals surface area contributed by atoms with E-state index in [4.69, 9.17) is 47.0 Å². The number of alkyl halides is 3. The zero-order valence-electron chi connectivity index (χ0n) is 10.0. The van der Waals surface area contributed by atoms with Crippen molar-refractivity contribution in [3.05, 3.63) is 24.3 Å². The van der Waals surface area contributed by atoms with Gasteiger partial charge in [0.05, 0.1) is 6.04 Å². The molecule has 1 aliphatic carbocycles. The molecule has 1 aliphatic heterocycles. The van der Waals surface area contributed by atoms with Crippen molar-refractivity contribution in [2.24, 2.45) is 0 Å². The average molecular weight is 341 g/mol. The lowest BCUT2D eigenvalue weighted by Crippen LogP contribution is -2.47. The van der Waals surface area contributed by atoms with Gasteiger partial charge in [-0.3, -0.25) is 4.90 Å². The van der Waals surface area contributed by atoms with Crippen LogP contribution in [0.5, 0.6) is 0 Å². The number of halogens is 3. The number of urea groups is 1. The number of amides is 2. The number of carbonyl (C=O) groups is 1. The summed E-state index contributed by atoms with van der Waals surface area (Å²) < 4.78 is -1.84. The number of hydrogen-bond donors (Lipinski definition) is 1. The van der Waals surface area contributed by atoms with Crippen LogP contribution in [-0.4, -0.2) is 36.9 Å². The lowest BCUT2D eigenvalue weighted by molar-refractivity contribution is 0.182. The number of nitrogens with one attached hydrogen (secondary N) is 1. The minimum atomic E-state index is -1.84. The predicted octanol–water partition coefficient (Wildman–Crippen LogP) is 3.16. The minimum Gasteiger partial charge on any atom is -0.295 e. The third kappa shape index (κ3) is 2.90. The van der Waals surface area contributed by atoms with Gasteiger partial charge in [-0.25, -0.2) is 15.2 Å². The summed E-state index contributed by atoms with van der Waals surface area (Å²) in [5, 5.41) is 1.00. The molecule has 1 saturated heterocycles. The molecule has 2 amide bonds. The van der Waals surface area contributed by atoms with Crippen molar-refractivity contribution in [3.63, 3.8) is 0 Å². The molecule has 0 radical (unpaired) electrons. The van der Waals surface area contributed by atoms with E-state index in [1.807, 2.05) is 25.2 Å². The standard InChI is InChI=1S/C11H12Cl3N3OS/c1-2-9-15-17(11(12,13)14)10(18)16(9)7-5-3-4-6-8(7)19/h3-7,9,15H,2H2,1H3. The third-order valence-corrected chi connectivity index (χ3v) is 3.81. The third-order valence-electron chi connectivity index (χ3n) is 2.92. The average Bonchev–Trinajstić information content (AvgIpc) is 2.67. The first-order valence-corrected chi connectivity index (χ1v) is 7.24. The molecular weight excluding hydrogens is 329 g/mol. The Labute approximate surface area is 131 Å². The molecule has 0 spiro atoms. The van der Waals surface area contributed by atoms with Crippen molar-refractivity contribution < 1.29 is 4.79 Å². The van der Waals surface area contributed by atoms with Gasteiger partial charge in [-0.1, -0.05) is 72.2 Å². The quantitative estimate of drug-likeness (QED) is 0.476. The van der Waals surface area contributed by atoms with E-state index in [9.17, 15) is 4.79 Å². The molecule has 2 unspecified atom stereocenters. The zero-order valence-corrected chi connectivity index (χ0v) is 13.1. The smallest absolute Gasteiger partial charge is 0.295 e. The number of thiocarbonyl (C=S) groups is 1. The Kier molecular flexibility index (Phi) is 4.42. The number of rotatable bonds is 2. The Bertz CT molecular complexity index is 461. The van der Waals surface area contributed by atoms with Crippen LogP contribution < -0.4 is 5.43 Å². The normalized spacial score (nSPS) is 27.6. The summed E-state index contributed by atoms with van der Waals surface area (Å²) in [4.78, 5) is 14.6. The van der Waals surface area contributed by atoms with Gasteiger partial charge in [0.15, 0.2) is 0 Å². The molecule has 19 heavy (non-hydrogen) atoms. The highest BCUT2D eigenvalue weighted by Gasteiger charge is 2.48. The zero-order chi connectivity index (χ0) is 14.2. The number of carbonyl (C=O) groups excluding carboxylic acids is 1. The van der Waals surface area contributed by atoms with Crippen molar-refractivity contribution in [1.29, 1.82) is 0 Å². The van der Waals surface area contributed by atoms with Crippen LogP contribution in [0, 0.1) is 0 Å². The van der Waals surface area contributed by atoms with Gasteiger partial charge in [0.25, 0.3) is 3.92 Å². The van der Waals surface area contributed by atoms with Gasteiger partial charge in [0.2, 0.25) is 0 Å². The molecule has 0 aromatic heterocycles. The molecule has 1 N–H and O–H groups in total. The van der Waals surface area contributed by atoms with Crippen LogP contribution in [0.15, 0.2) is 24.3 Å². The lowest BCUT2D eigenvalue weighted by Gasteiger charge is -2.29. The Hall–Kier alpha value is -0.330. The highest BCUT2D eigenvalue weighted by Crippen LogP contribution is 2.34. The van der Waals surface area contributed by atoms with Crippen LogP contribution >= 0.6 is 47.0 Å². The number of hydrazine groups is 1. The van der Waals surface area contributed by atoms with Crippen molar-refractivity contribution in [2.45, 2.75) is 29.5 Å². The predicted molar refractivity (Wildman–Crippen MR) is 81.2 cm³/mol. The van der Waals surface area contributed by atoms with Crippen LogP contribution in [-0.2, 0) is 0 Å². The first kappa shape index (κ1) is 15.1. The van der Waals surface area contributed by atoms with E-state index in [1.165, 1.54) is 0 Å². The van der Waals surface area contributed by atoms with Crippen LogP contribution in [0.25, 0.3) is 0 Å². The van der Waals surface area contributed by atoms with E-state index in [0.29, 0.717) is 11.3 Å². The first-order valence-electron chi connectivity index (χ1n) is 5.70. The maximum Gasteiger partial charge on any atom is 0.340 e. The molecule has 1 fully saturated rings. The van der Waals surface area contributed by atoms with E-state index in [0.717, 1.165) is 5.01 Å². The largest absolute Gasteiger partial charge is 0.340 e. The Morgan fingerprint density at radius 1 is 1.42 bits per heavy atom. The fourth-order valence-corrected chi connectivity index (χ4v) is 2.67. The van der Waals surface area contributed by atoms with Gasteiger partial charge in [-0.05, 0) is 12.5 Å². The van der Waals surface area contributed by atoms with E-state index < -0.39 is 9.95 Å². The van der Waals surface area contributed by atoms with Gasteiger partial charge in [-0.2, -0.15) is 0 Å². The second-order valence-electron chi connectivity index (χ2n) is 4.14.